The van der Waals surface area contributed by atoms with Crippen LogP contribution in [0.25, 0.3) is 0 Å². The van der Waals surface area contributed by atoms with Gasteiger partial charge in [0.15, 0.2) is 37.7 Å². The maximum atomic E-state index is 13.4. The van der Waals surface area contributed by atoms with Gasteiger partial charge in [0.1, 0.15) is 17.3 Å². The van der Waals surface area contributed by atoms with Crippen LogP contribution in [0.3, 0.4) is 0 Å². The average molecular weight is 619 g/mol. The van der Waals surface area contributed by atoms with Crippen LogP contribution >= 0.6 is 0 Å². The van der Waals surface area contributed by atoms with Gasteiger partial charge in [0, 0.05) is 0 Å². The Balaban J connectivity index is 1.61. The molecule has 228 valence electrons. The average Bonchev–Trinajstić information content (AvgIpc) is 3.51. The summed E-state index contributed by atoms with van der Waals surface area (Å²) in [5.74, 6) is 2.12. The summed E-state index contributed by atoms with van der Waals surface area (Å²) in [7, 11) is 2.44. The molecule has 1 heterocycles. The largest absolute Gasteiger partial charge is 0.611 e. The van der Waals surface area contributed by atoms with Gasteiger partial charge < -0.3 is 33.0 Å². The summed E-state index contributed by atoms with van der Waals surface area (Å²) in [6.45, 7) is 1.86. The summed E-state index contributed by atoms with van der Waals surface area (Å²) >= 11 is -1.29. The fourth-order valence-corrected chi connectivity index (χ4v) is 7.46. The second-order valence-electron chi connectivity index (χ2n) is 9.73. The molecule has 1 aliphatic heterocycles. The van der Waals surface area contributed by atoms with Crippen molar-refractivity contribution in [1.82, 2.24) is 0 Å². The summed E-state index contributed by atoms with van der Waals surface area (Å²) in [5.41, 5.74) is 1.54. The molecular weight excluding hydrogens is 580 g/mol. The second kappa shape index (κ2) is 14.4. The molecular formula is C31H38O9S2. The Hall–Kier alpha value is -3.12. The van der Waals surface area contributed by atoms with Gasteiger partial charge in [-0.1, -0.05) is 25.1 Å². The summed E-state index contributed by atoms with van der Waals surface area (Å²) in [6, 6.07) is 16.2. The van der Waals surface area contributed by atoms with Gasteiger partial charge in [-0.3, -0.25) is 0 Å². The Labute approximate surface area is 251 Å². The van der Waals surface area contributed by atoms with E-state index >= 15 is 0 Å². The molecule has 0 amide bonds. The van der Waals surface area contributed by atoms with E-state index in [1.807, 2.05) is 37.3 Å². The van der Waals surface area contributed by atoms with Crippen molar-refractivity contribution < 1.29 is 41.4 Å². The molecule has 0 aliphatic carbocycles. The summed E-state index contributed by atoms with van der Waals surface area (Å²) in [6.07, 6.45) is 1.16. The number of sulfone groups is 1. The lowest BCUT2D eigenvalue weighted by Crippen LogP contribution is -2.17. The standard InChI is InChI=1S/C31H38O9S2/c1-6-16-42(33,34)29-20-22(19-28(37-4)31(29)39-14-15-41(32)23-10-8-7-9-11-23)25-13-12-24(40-25)21-17-26(35-2)30(38-5)27(18-21)36-3/h7-11,17-20,24-25H,6,12-16H2,1-5H3/t24-,25-,41?/m0/s1. The molecule has 0 N–H and O–H groups in total. The highest BCUT2D eigenvalue weighted by molar-refractivity contribution is 7.91. The molecule has 9 nitrogen and oxygen atoms in total. The molecule has 4 rings (SSSR count). The van der Waals surface area contributed by atoms with Crippen molar-refractivity contribution in [1.29, 1.82) is 0 Å². The van der Waals surface area contributed by atoms with Gasteiger partial charge in [-0.15, -0.1) is 0 Å². The van der Waals surface area contributed by atoms with Crippen LogP contribution in [-0.2, 0) is 25.7 Å². The number of ether oxygens (including phenoxy) is 6. The van der Waals surface area contributed by atoms with Crippen molar-refractivity contribution in [3.05, 3.63) is 65.7 Å². The molecule has 0 spiro atoms. The van der Waals surface area contributed by atoms with Crippen LogP contribution in [0.1, 0.15) is 49.5 Å². The van der Waals surface area contributed by atoms with Gasteiger partial charge in [-0.25, -0.2) is 8.42 Å². The van der Waals surface area contributed by atoms with Gasteiger partial charge in [0.25, 0.3) is 0 Å². The minimum absolute atomic E-state index is 0.0454. The van der Waals surface area contributed by atoms with E-state index in [-0.39, 0.29) is 46.7 Å². The molecule has 3 aromatic rings. The maximum absolute atomic E-state index is 13.4. The van der Waals surface area contributed by atoms with Crippen LogP contribution in [-0.4, -0.2) is 59.5 Å². The van der Waals surface area contributed by atoms with E-state index in [1.54, 1.807) is 45.6 Å². The molecule has 1 unspecified atom stereocenters. The zero-order valence-corrected chi connectivity index (χ0v) is 26.2. The zero-order valence-electron chi connectivity index (χ0n) is 24.6. The topological polar surface area (TPSA) is 113 Å². The van der Waals surface area contributed by atoms with E-state index < -0.39 is 21.0 Å². The molecule has 3 aromatic carbocycles. The highest BCUT2D eigenvalue weighted by Crippen LogP contribution is 2.48. The first-order valence-electron chi connectivity index (χ1n) is 13.7. The molecule has 0 radical (unpaired) electrons. The Kier molecular flexibility index (Phi) is 10.9. The molecule has 1 fully saturated rings. The lowest BCUT2D eigenvalue weighted by Gasteiger charge is -2.21. The second-order valence-corrected chi connectivity index (χ2v) is 13.4. The summed E-state index contributed by atoms with van der Waals surface area (Å²) in [4.78, 5) is 0.728. The third-order valence-corrected chi connectivity index (χ3v) is 10.3. The SMILES string of the molecule is CCCS(=O)(=O)c1cc([C@@H]2CC[C@@H](c3cc(OC)c(OC)c(OC)c3)O2)cc(OC)c1OCC[S+]([O-])c1ccccc1. The first-order valence-corrected chi connectivity index (χ1v) is 16.7. The number of hydrogen-bond donors (Lipinski definition) is 0. The Morgan fingerprint density at radius 1 is 0.833 bits per heavy atom. The van der Waals surface area contributed by atoms with E-state index in [2.05, 4.69) is 0 Å². The van der Waals surface area contributed by atoms with Crippen LogP contribution < -0.4 is 23.7 Å². The summed E-state index contributed by atoms with van der Waals surface area (Å²) < 4.78 is 74.1. The van der Waals surface area contributed by atoms with Gasteiger partial charge in [-0.2, -0.15) is 0 Å². The van der Waals surface area contributed by atoms with Crippen LogP contribution in [0, 0.1) is 0 Å². The number of rotatable bonds is 14. The quantitative estimate of drug-likeness (QED) is 0.211. The van der Waals surface area contributed by atoms with Gasteiger partial charge in [-0.05, 0) is 78.0 Å². The predicted molar refractivity (Wildman–Crippen MR) is 160 cm³/mol. The third-order valence-electron chi connectivity index (χ3n) is 7.04. The van der Waals surface area contributed by atoms with E-state index in [4.69, 9.17) is 28.4 Å². The normalized spacial score (nSPS) is 17.5. The zero-order chi connectivity index (χ0) is 30.3. The smallest absolute Gasteiger partial charge is 0.203 e. The minimum atomic E-state index is -3.70. The molecule has 11 heteroatoms. The maximum Gasteiger partial charge on any atom is 0.203 e. The predicted octanol–water partition coefficient (Wildman–Crippen LogP) is 5.68. The van der Waals surface area contributed by atoms with Crippen LogP contribution in [0.4, 0.5) is 0 Å². The monoisotopic (exact) mass is 618 g/mol. The van der Waals surface area contributed by atoms with Gasteiger partial charge >= 0.3 is 0 Å². The fourth-order valence-electron chi connectivity index (χ4n) is 5.01. The molecule has 3 atom stereocenters. The molecule has 0 bridgehead atoms. The molecule has 1 aliphatic rings. The van der Waals surface area contributed by atoms with Crippen molar-refractivity contribution in [2.24, 2.45) is 0 Å². The van der Waals surface area contributed by atoms with E-state index in [0.717, 1.165) is 5.56 Å². The minimum Gasteiger partial charge on any atom is -0.611 e. The van der Waals surface area contributed by atoms with Crippen molar-refractivity contribution in [2.75, 3.05) is 46.6 Å². The van der Waals surface area contributed by atoms with Gasteiger partial charge in [0.2, 0.25) is 5.75 Å². The van der Waals surface area contributed by atoms with E-state index in [9.17, 15) is 13.0 Å². The van der Waals surface area contributed by atoms with Crippen LogP contribution in [0.2, 0.25) is 0 Å². The molecule has 0 saturated carbocycles. The summed E-state index contributed by atoms with van der Waals surface area (Å²) in [5, 5.41) is 0. The molecule has 42 heavy (non-hydrogen) atoms. The van der Waals surface area contributed by atoms with Crippen LogP contribution in [0.15, 0.2) is 64.4 Å². The Morgan fingerprint density at radius 3 is 1.90 bits per heavy atom. The number of benzene rings is 3. The lowest BCUT2D eigenvalue weighted by atomic mass is 10.0. The van der Waals surface area contributed by atoms with E-state index in [1.165, 1.54) is 7.11 Å². The highest BCUT2D eigenvalue weighted by atomic mass is 32.2. The highest BCUT2D eigenvalue weighted by Gasteiger charge is 2.33. The van der Waals surface area contributed by atoms with Gasteiger partial charge in [0.05, 0.1) is 46.4 Å². The third kappa shape index (κ3) is 7.08. The Morgan fingerprint density at radius 2 is 1.38 bits per heavy atom. The van der Waals surface area contributed by atoms with Crippen molar-refractivity contribution in [3.8, 4) is 28.7 Å². The number of hydrogen-bond acceptors (Lipinski definition) is 9. The Bertz CT molecular complexity index is 1420. The van der Waals surface area contributed by atoms with Crippen LogP contribution in [0.5, 0.6) is 28.7 Å². The van der Waals surface area contributed by atoms with E-state index in [0.29, 0.717) is 47.0 Å². The first-order chi connectivity index (χ1) is 20.3. The number of methoxy groups -OCH3 is 4. The first kappa shape index (κ1) is 31.8. The molecule has 1 saturated heterocycles. The van der Waals surface area contributed by atoms with Crippen molar-refractivity contribution in [3.63, 3.8) is 0 Å². The fraction of sp³-hybridized carbons (Fsp3) is 0.419. The molecule has 0 aromatic heterocycles. The van der Waals surface area contributed by atoms with Crippen molar-refractivity contribution >= 4 is 21.0 Å². The van der Waals surface area contributed by atoms with Crippen molar-refractivity contribution in [2.45, 2.75) is 48.2 Å². The lowest BCUT2D eigenvalue weighted by molar-refractivity contribution is 0.0435.